The molecule has 4 heteroatoms. The van der Waals surface area contributed by atoms with E-state index in [4.69, 9.17) is 15.2 Å². The summed E-state index contributed by atoms with van der Waals surface area (Å²) in [5, 5.41) is 0. The third-order valence-electron chi connectivity index (χ3n) is 2.88. The average molecular weight is 312 g/mol. The van der Waals surface area contributed by atoms with Gasteiger partial charge in [0.05, 0.1) is 24.3 Å². The molecule has 0 saturated carbocycles. The van der Waals surface area contributed by atoms with Crippen LogP contribution in [0.5, 0.6) is 5.75 Å². The van der Waals surface area contributed by atoms with Crippen LogP contribution in [0.1, 0.15) is 12.5 Å². The van der Waals surface area contributed by atoms with Crippen molar-refractivity contribution in [1.29, 1.82) is 0 Å². The molecule has 98 valence electrons. The van der Waals surface area contributed by atoms with Gasteiger partial charge in [0.2, 0.25) is 0 Å². The minimum Gasteiger partial charge on any atom is -0.492 e. The van der Waals surface area contributed by atoms with Crippen molar-refractivity contribution >= 4 is 22.0 Å². The first-order valence-electron chi connectivity index (χ1n) is 6.00. The maximum atomic E-state index is 5.83. The monoisotopic (exact) mass is 311 g/mol. The molecule has 3 nitrogen and oxygen atoms in total. The van der Waals surface area contributed by atoms with E-state index in [1.54, 1.807) is 0 Å². The van der Waals surface area contributed by atoms with Crippen LogP contribution in [-0.2, 0) is 4.74 Å². The first-order chi connectivity index (χ1) is 8.63. The Bertz CT molecular complexity index is 441. The van der Waals surface area contributed by atoms with E-state index >= 15 is 0 Å². The van der Waals surface area contributed by atoms with Crippen molar-refractivity contribution in [2.24, 2.45) is 11.1 Å². The predicted octanol–water partition coefficient (Wildman–Crippen LogP) is 2.84. The molecule has 0 aromatic heterocycles. The Morgan fingerprint density at radius 2 is 2.28 bits per heavy atom. The van der Waals surface area contributed by atoms with E-state index in [9.17, 15) is 0 Å². The fourth-order valence-electron chi connectivity index (χ4n) is 1.73. The van der Waals surface area contributed by atoms with E-state index in [-0.39, 0.29) is 5.41 Å². The van der Waals surface area contributed by atoms with Crippen molar-refractivity contribution in [2.75, 3.05) is 26.4 Å². The van der Waals surface area contributed by atoms with E-state index in [0.29, 0.717) is 13.2 Å². The van der Waals surface area contributed by atoms with Crippen LogP contribution in [-0.4, -0.2) is 26.4 Å². The molecule has 0 amide bonds. The van der Waals surface area contributed by atoms with Crippen LogP contribution in [0.15, 0.2) is 28.7 Å². The number of ether oxygens (including phenoxy) is 2. The summed E-state index contributed by atoms with van der Waals surface area (Å²) in [7, 11) is 0. The molecule has 2 N–H and O–H groups in total. The molecular weight excluding hydrogens is 294 g/mol. The van der Waals surface area contributed by atoms with Crippen molar-refractivity contribution in [2.45, 2.75) is 6.92 Å². The molecular formula is C14H18BrNO2. The molecule has 0 spiro atoms. The minimum atomic E-state index is 0.164. The summed E-state index contributed by atoms with van der Waals surface area (Å²) in [6, 6.07) is 6.02. The quantitative estimate of drug-likeness (QED) is 0.909. The molecule has 1 aromatic carbocycles. The van der Waals surface area contributed by atoms with E-state index in [1.807, 2.05) is 30.4 Å². The second-order valence-electron chi connectivity index (χ2n) is 4.92. The van der Waals surface area contributed by atoms with Gasteiger partial charge in [0, 0.05) is 12.0 Å². The van der Waals surface area contributed by atoms with Gasteiger partial charge in [-0.05, 0) is 33.6 Å². The Balaban J connectivity index is 1.98. The molecule has 0 atom stereocenters. The largest absolute Gasteiger partial charge is 0.492 e. The maximum absolute atomic E-state index is 5.83. The summed E-state index contributed by atoms with van der Waals surface area (Å²) in [6.45, 7) is 4.96. The number of rotatable bonds is 5. The molecule has 1 heterocycles. The van der Waals surface area contributed by atoms with Crippen LogP contribution in [0.3, 0.4) is 0 Å². The number of hydrogen-bond acceptors (Lipinski definition) is 3. The van der Waals surface area contributed by atoms with Gasteiger partial charge in [-0.15, -0.1) is 0 Å². The van der Waals surface area contributed by atoms with Gasteiger partial charge in [0.25, 0.3) is 0 Å². The Morgan fingerprint density at radius 1 is 1.50 bits per heavy atom. The zero-order chi connectivity index (χ0) is 13.0. The minimum absolute atomic E-state index is 0.164. The first-order valence-corrected chi connectivity index (χ1v) is 6.79. The molecule has 0 bridgehead atoms. The van der Waals surface area contributed by atoms with Gasteiger partial charge in [-0.1, -0.05) is 25.1 Å². The van der Waals surface area contributed by atoms with Crippen LogP contribution < -0.4 is 10.5 Å². The average Bonchev–Trinajstić information content (AvgIpc) is 2.33. The highest BCUT2D eigenvalue weighted by Gasteiger charge is 2.34. The lowest BCUT2D eigenvalue weighted by molar-refractivity contribution is -0.120. The SMILES string of the molecule is CC1(COc2ccc(/C=C/CN)cc2Br)COC1. The highest BCUT2D eigenvalue weighted by atomic mass is 79.9. The zero-order valence-corrected chi connectivity index (χ0v) is 12.1. The van der Waals surface area contributed by atoms with Gasteiger partial charge in [0.15, 0.2) is 0 Å². The second kappa shape index (κ2) is 5.87. The smallest absolute Gasteiger partial charge is 0.133 e. The third-order valence-corrected chi connectivity index (χ3v) is 3.50. The highest BCUT2D eigenvalue weighted by Crippen LogP contribution is 2.31. The fourth-order valence-corrected chi connectivity index (χ4v) is 2.24. The van der Waals surface area contributed by atoms with E-state index in [2.05, 4.69) is 22.9 Å². The molecule has 1 aliphatic rings. The van der Waals surface area contributed by atoms with E-state index in [0.717, 1.165) is 29.0 Å². The standard InChI is InChI=1S/C14H18BrNO2/c1-14(8-17-9-14)10-18-13-5-4-11(3-2-6-16)7-12(13)15/h2-5,7H,6,8-10,16H2,1H3/b3-2+. The second-order valence-corrected chi connectivity index (χ2v) is 5.77. The molecule has 0 radical (unpaired) electrons. The van der Waals surface area contributed by atoms with Crippen molar-refractivity contribution < 1.29 is 9.47 Å². The Hall–Kier alpha value is -0.840. The molecule has 0 aliphatic carbocycles. The first kappa shape index (κ1) is 13.6. The molecule has 0 unspecified atom stereocenters. The molecule has 2 rings (SSSR count). The summed E-state index contributed by atoms with van der Waals surface area (Å²) in [5.41, 5.74) is 6.70. The maximum Gasteiger partial charge on any atom is 0.133 e. The number of nitrogens with two attached hydrogens (primary N) is 1. The van der Waals surface area contributed by atoms with E-state index < -0.39 is 0 Å². The van der Waals surface area contributed by atoms with Gasteiger partial charge >= 0.3 is 0 Å². The van der Waals surface area contributed by atoms with E-state index in [1.165, 1.54) is 0 Å². The Morgan fingerprint density at radius 3 is 2.83 bits per heavy atom. The van der Waals surface area contributed by atoms with Gasteiger partial charge < -0.3 is 15.2 Å². The van der Waals surface area contributed by atoms with Crippen molar-refractivity contribution in [3.8, 4) is 5.75 Å². The summed E-state index contributed by atoms with van der Waals surface area (Å²) >= 11 is 3.53. The number of hydrogen-bond donors (Lipinski definition) is 1. The molecule has 1 saturated heterocycles. The zero-order valence-electron chi connectivity index (χ0n) is 10.5. The Labute approximate surface area is 116 Å². The number of benzene rings is 1. The van der Waals surface area contributed by atoms with Crippen LogP contribution in [0, 0.1) is 5.41 Å². The van der Waals surface area contributed by atoms with Gasteiger partial charge in [-0.3, -0.25) is 0 Å². The third kappa shape index (κ3) is 3.34. The summed E-state index contributed by atoms with van der Waals surface area (Å²) in [4.78, 5) is 0. The molecule has 1 aliphatic heterocycles. The number of halogens is 1. The lowest BCUT2D eigenvalue weighted by Crippen LogP contribution is -2.44. The lowest BCUT2D eigenvalue weighted by Gasteiger charge is -2.37. The highest BCUT2D eigenvalue weighted by molar-refractivity contribution is 9.10. The summed E-state index contributed by atoms with van der Waals surface area (Å²) in [6.07, 6.45) is 3.92. The predicted molar refractivity (Wildman–Crippen MR) is 76.7 cm³/mol. The fraction of sp³-hybridized carbons (Fsp3) is 0.429. The van der Waals surface area contributed by atoms with Crippen molar-refractivity contribution in [1.82, 2.24) is 0 Å². The normalized spacial score (nSPS) is 17.7. The Kier molecular flexibility index (Phi) is 4.43. The lowest BCUT2D eigenvalue weighted by atomic mass is 9.90. The molecule has 1 fully saturated rings. The van der Waals surface area contributed by atoms with Crippen LogP contribution >= 0.6 is 15.9 Å². The van der Waals surface area contributed by atoms with Gasteiger partial charge in [0.1, 0.15) is 5.75 Å². The van der Waals surface area contributed by atoms with Gasteiger partial charge in [-0.25, -0.2) is 0 Å². The molecule has 1 aromatic rings. The van der Waals surface area contributed by atoms with Crippen LogP contribution in [0.2, 0.25) is 0 Å². The summed E-state index contributed by atoms with van der Waals surface area (Å²) < 4.78 is 12.0. The van der Waals surface area contributed by atoms with Crippen LogP contribution in [0.4, 0.5) is 0 Å². The van der Waals surface area contributed by atoms with Crippen molar-refractivity contribution in [3.63, 3.8) is 0 Å². The summed E-state index contributed by atoms with van der Waals surface area (Å²) in [5.74, 6) is 0.869. The molecule has 18 heavy (non-hydrogen) atoms. The van der Waals surface area contributed by atoms with Crippen molar-refractivity contribution in [3.05, 3.63) is 34.3 Å². The van der Waals surface area contributed by atoms with Crippen LogP contribution in [0.25, 0.3) is 6.08 Å². The topological polar surface area (TPSA) is 44.5 Å². The van der Waals surface area contributed by atoms with Gasteiger partial charge in [-0.2, -0.15) is 0 Å².